The summed E-state index contributed by atoms with van der Waals surface area (Å²) >= 11 is 5.81. The van der Waals surface area contributed by atoms with Gasteiger partial charge in [0.1, 0.15) is 5.71 Å². The lowest BCUT2D eigenvalue weighted by Gasteiger charge is -2.09. The summed E-state index contributed by atoms with van der Waals surface area (Å²) in [4.78, 5) is 27.8. The second kappa shape index (κ2) is 6.37. The molecule has 2 rings (SSSR count). The van der Waals surface area contributed by atoms with Crippen LogP contribution in [0, 0.1) is 0 Å². The molecule has 21 heavy (non-hydrogen) atoms. The molecule has 0 bridgehead atoms. The van der Waals surface area contributed by atoms with Crippen molar-refractivity contribution in [3.8, 4) is 0 Å². The van der Waals surface area contributed by atoms with Crippen molar-refractivity contribution in [3.63, 3.8) is 0 Å². The summed E-state index contributed by atoms with van der Waals surface area (Å²) in [5.74, 6) is -0.0742. The van der Waals surface area contributed by atoms with Crippen LogP contribution in [0.2, 0.25) is 5.02 Å². The highest BCUT2D eigenvalue weighted by Crippen LogP contribution is 2.15. The standard InChI is InChI=1S/C15H13ClN2O3/c1-9-7-14(19)10(2)6-13(9)18-21-15(20)17-12-5-3-4-11(16)8-12/h3-8H,1-2H3,(H,17,20). The van der Waals surface area contributed by atoms with Crippen LogP contribution in [0.4, 0.5) is 10.5 Å². The summed E-state index contributed by atoms with van der Waals surface area (Å²) in [6.07, 6.45) is 2.29. The number of carbonyl (C=O) groups is 2. The van der Waals surface area contributed by atoms with Crippen molar-refractivity contribution in [1.82, 2.24) is 0 Å². The van der Waals surface area contributed by atoms with E-state index in [4.69, 9.17) is 16.4 Å². The van der Waals surface area contributed by atoms with E-state index in [0.29, 0.717) is 27.6 Å². The molecular formula is C15H13ClN2O3. The Bertz CT molecular complexity index is 690. The van der Waals surface area contributed by atoms with E-state index in [9.17, 15) is 9.59 Å². The maximum Gasteiger partial charge on any atom is 0.437 e. The molecule has 1 amide bonds. The molecule has 0 radical (unpaired) electrons. The minimum atomic E-state index is -0.736. The van der Waals surface area contributed by atoms with Crippen LogP contribution in [0.1, 0.15) is 13.8 Å². The van der Waals surface area contributed by atoms with Crippen LogP contribution in [-0.4, -0.2) is 17.6 Å². The van der Waals surface area contributed by atoms with Crippen LogP contribution in [0.5, 0.6) is 0 Å². The molecule has 0 atom stereocenters. The monoisotopic (exact) mass is 304 g/mol. The average Bonchev–Trinajstić information content (AvgIpc) is 2.41. The number of benzene rings is 1. The number of carbonyl (C=O) groups excluding carboxylic acids is 2. The fourth-order valence-corrected chi connectivity index (χ4v) is 1.86. The Labute approximate surface area is 126 Å². The molecule has 1 aromatic carbocycles. The van der Waals surface area contributed by atoms with Gasteiger partial charge in [0.25, 0.3) is 0 Å². The van der Waals surface area contributed by atoms with Gasteiger partial charge in [-0.2, -0.15) is 0 Å². The molecule has 0 spiro atoms. The Morgan fingerprint density at radius 3 is 2.71 bits per heavy atom. The zero-order chi connectivity index (χ0) is 15.4. The van der Waals surface area contributed by atoms with Gasteiger partial charge in [-0.3, -0.25) is 14.9 Å². The fraction of sp³-hybridized carbons (Fsp3) is 0.133. The molecule has 1 N–H and O–H groups in total. The molecule has 1 aliphatic rings. The third-order valence-electron chi connectivity index (χ3n) is 2.79. The quantitative estimate of drug-likeness (QED) is 0.514. The van der Waals surface area contributed by atoms with Gasteiger partial charge < -0.3 is 0 Å². The molecule has 108 valence electrons. The largest absolute Gasteiger partial charge is 0.437 e. The molecule has 6 heteroatoms. The van der Waals surface area contributed by atoms with Crippen molar-refractivity contribution < 1.29 is 14.4 Å². The van der Waals surface area contributed by atoms with Gasteiger partial charge in [-0.05, 0) is 55.3 Å². The average molecular weight is 305 g/mol. The van der Waals surface area contributed by atoms with Gasteiger partial charge in [-0.1, -0.05) is 22.8 Å². The Hall–Kier alpha value is -2.40. The number of oxime groups is 1. The van der Waals surface area contributed by atoms with E-state index in [1.165, 1.54) is 6.08 Å². The summed E-state index contributed by atoms with van der Waals surface area (Å²) in [5, 5.41) is 6.74. The minimum absolute atomic E-state index is 0.0742. The van der Waals surface area contributed by atoms with E-state index in [1.54, 1.807) is 44.2 Å². The van der Waals surface area contributed by atoms with Crippen LogP contribution in [0.3, 0.4) is 0 Å². The lowest BCUT2D eigenvalue weighted by Crippen LogP contribution is -2.14. The summed E-state index contributed by atoms with van der Waals surface area (Å²) in [5.41, 5.74) is 2.12. The van der Waals surface area contributed by atoms with Crippen molar-refractivity contribution in [2.24, 2.45) is 5.16 Å². The zero-order valence-electron chi connectivity index (χ0n) is 11.5. The predicted molar refractivity (Wildman–Crippen MR) is 81.5 cm³/mol. The van der Waals surface area contributed by atoms with Crippen molar-refractivity contribution in [1.29, 1.82) is 0 Å². The molecule has 0 heterocycles. The number of hydrogen-bond acceptors (Lipinski definition) is 4. The molecule has 0 fully saturated rings. The van der Waals surface area contributed by atoms with Crippen molar-refractivity contribution in [2.45, 2.75) is 13.8 Å². The highest BCUT2D eigenvalue weighted by Gasteiger charge is 2.13. The van der Waals surface area contributed by atoms with Crippen LogP contribution in [0.25, 0.3) is 0 Å². The SMILES string of the molecule is CC1=CC(=NOC(=O)Nc2cccc(Cl)c2)C(C)=CC1=O. The number of halogens is 1. The van der Waals surface area contributed by atoms with Crippen LogP contribution >= 0.6 is 11.6 Å². The normalized spacial score (nSPS) is 16.3. The highest BCUT2D eigenvalue weighted by atomic mass is 35.5. The third-order valence-corrected chi connectivity index (χ3v) is 3.03. The molecule has 0 saturated heterocycles. The Morgan fingerprint density at radius 2 is 2.00 bits per heavy atom. The lowest BCUT2D eigenvalue weighted by atomic mass is 9.99. The first kappa shape index (κ1) is 15.0. The van der Waals surface area contributed by atoms with Gasteiger partial charge in [0.2, 0.25) is 0 Å². The number of nitrogens with zero attached hydrogens (tertiary/aromatic N) is 1. The van der Waals surface area contributed by atoms with Crippen molar-refractivity contribution >= 4 is 34.9 Å². The first-order valence-electron chi connectivity index (χ1n) is 6.18. The summed E-state index contributed by atoms with van der Waals surface area (Å²) in [7, 11) is 0. The summed E-state index contributed by atoms with van der Waals surface area (Å²) in [6.45, 7) is 3.39. The minimum Gasteiger partial charge on any atom is -0.297 e. The molecule has 5 nitrogen and oxygen atoms in total. The summed E-state index contributed by atoms with van der Waals surface area (Å²) in [6, 6.07) is 6.66. The molecular weight excluding hydrogens is 292 g/mol. The topological polar surface area (TPSA) is 67.8 Å². The van der Waals surface area contributed by atoms with E-state index in [0.717, 1.165) is 0 Å². The first-order valence-corrected chi connectivity index (χ1v) is 6.56. The summed E-state index contributed by atoms with van der Waals surface area (Å²) < 4.78 is 0. The number of amides is 1. The van der Waals surface area contributed by atoms with Gasteiger partial charge in [0, 0.05) is 10.7 Å². The maximum absolute atomic E-state index is 11.6. The van der Waals surface area contributed by atoms with Crippen LogP contribution in [-0.2, 0) is 9.63 Å². The van der Waals surface area contributed by atoms with Gasteiger partial charge in [0.15, 0.2) is 5.78 Å². The maximum atomic E-state index is 11.6. The molecule has 1 aliphatic carbocycles. The van der Waals surface area contributed by atoms with E-state index in [-0.39, 0.29) is 5.78 Å². The van der Waals surface area contributed by atoms with Gasteiger partial charge in [-0.25, -0.2) is 4.79 Å². The number of hydrogen-bond donors (Lipinski definition) is 1. The number of nitrogens with one attached hydrogen (secondary N) is 1. The number of rotatable bonds is 2. The predicted octanol–water partition coefficient (Wildman–Crippen LogP) is 3.72. The molecule has 0 aromatic heterocycles. The first-order chi connectivity index (χ1) is 9.95. The van der Waals surface area contributed by atoms with Crippen molar-refractivity contribution in [2.75, 3.05) is 5.32 Å². The van der Waals surface area contributed by atoms with E-state index in [2.05, 4.69) is 10.5 Å². The van der Waals surface area contributed by atoms with Gasteiger partial charge in [-0.15, -0.1) is 0 Å². The zero-order valence-corrected chi connectivity index (χ0v) is 12.3. The molecule has 1 aromatic rings. The second-order valence-electron chi connectivity index (χ2n) is 4.51. The fourth-order valence-electron chi connectivity index (χ4n) is 1.67. The molecule has 0 unspecified atom stereocenters. The Morgan fingerprint density at radius 1 is 1.24 bits per heavy atom. The number of anilines is 1. The van der Waals surface area contributed by atoms with Gasteiger partial charge >= 0.3 is 6.09 Å². The van der Waals surface area contributed by atoms with Gasteiger partial charge in [0.05, 0.1) is 0 Å². The number of allylic oxidation sites excluding steroid dienone is 4. The van der Waals surface area contributed by atoms with E-state index in [1.807, 2.05) is 0 Å². The Kier molecular flexibility index (Phi) is 4.55. The molecule has 0 saturated carbocycles. The smallest absolute Gasteiger partial charge is 0.297 e. The third kappa shape index (κ3) is 4.03. The van der Waals surface area contributed by atoms with E-state index >= 15 is 0 Å². The molecule has 0 aliphatic heterocycles. The Balaban J connectivity index is 2.02. The van der Waals surface area contributed by atoms with Crippen molar-refractivity contribution in [3.05, 3.63) is 52.6 Å². The second-order valence-corrected chi connectivity index (χ2v) is 4.95. The lowest BCUT2D eigenvalue weighted by molar-refractivity contribution is -0.111. The van der Waals surface area contributed by atoms with Crippen LogP contribution < -0.4 is 5.32 Å². The van der Waals surface area contributed by atoms with E-state index < -0.39 is 6.09 Å². The number of ketones is 1. The highest BCUT2D eigenvalue weighted by molar-refractivity contribution is 6.30. The van der Waals surface area contributed by atoms with Crippen LogP contribution in [0.15, 0.2) is 52.7 Å².